The minimum Gasteiger partial charge on any atom is -0.236 e. The lowest BCUT2D eigenvalue weighted by Crippen LogP contribution is -2.00. The molecule has 0 fully saturated rings. The minimum atomic E-state index is 0.626. The van der Waals surface area contributed by atoms with Gasteiger partial charge in [-0.15, -0.1) is 11.3 Å². The third kappa shape index (κ3) is 5.67. The van der Waals surface area contributed by atoms with Gasteiger partial charge in [-0.3, -0.25) is 0 Å². The Hall–Kier alpha value is -6.30. The molecule has 7 aromatic carbocycles. The van der Waals surface area contributed by atoms with E-state index in [4.69, 9.17) is 19.9 Å². The summed E-state index contributed by atoms with van der Waals surface area (Å²) in [6, 6.07) is 58.9. The lowest BCUT2D eigenvalue weighted by molar-refractivity contribution is 1.07. The van der Waals surface area contributed by atoms with Gasteiger partial charge in [0.05, 0.1) is 10.2 Å². The van der Waals surface area contributed by atoms with E-state index < -0.39 is 0 Å². The van der Waals surface area contributed by atoms with E-state index in [1.54, 1.807) is 11.3 Å². The predicted octanol–water partition coefficient (Wildman–Crippen LogP) is 11.6. The number of hydrogen-bond acceptors (Lipinski definition) is 5. The molecule has 5 heteroatoms. The van der Waals surface area contributed by atoms with Gasteiger partial charge in [0, 0.05) is 22.3 Å². The molecule has 0 unspecified atom stereocenters. The molecule has 9 rings (SSSR count). The number of rotatable bonds is 6. The van der Waals surface area contributed by atoms with Crippen LogP contribution in [0.1, 0.15) is 0 Å². The highest BCUT2D eigenvalue weighted by Gasteiger charge is 2.16. The van der Waals surface area contributed by atoms with Crippen LogP contribution in [0.15, 0.2) is 170 Å². The lowest BCUT2D eigenvalue weighted by atomic mass is 9.93. The molecule has 0 saturated carbocycles. The van der Waals surface area contributed by atoms with Crippen LogP contribution in [0.2, 0.25) is 0 Å². The Balaban J connectivity index is 1.26. The van der Waals surface area contributed by atoms with E-state index in [1.165, 1.54) is 10.8 Å². The van der Waals surface area contributed by atoms with Gasteiger partial charge in [-0.05, 0) is 63.4 Å². The number of benzene rings is 7. The number of aromatic nitrogens is 4. The molecule has 0 radical (unpaired) electrons. The second-order valence-corrected chi connectivity index (χ2v) is 13.0. The lowest BCUT2D eigenvalue weighted by Gasteiger charge is -2.14. The second-order valence-electron chi connectivity index (χ2n) is 11.9. The molecule has 0 N–H and O–H groups in total. The summed E-state index contributed by atoms with van der Waals surface area (Å²) in [7, 11) is 0. The fourth-order valence-corrected chi connectivity index (χ4v) is 7.31. The summed E-state index contributed by atoms with van der Waals surface area (Å²) in [5.41, 5.74) is 9.39. The normalized spacial score (nSPS) is 11.3. The zero-order chi connectivity index (χ0) is 32.6. The van der Waals surface area contributed by atoms with Crippen molar-refractivity contribution in [2.45, 2.75) is 0 Å². The summed E-state index contributed by atoms with van der Waals surface area (Å²) in [5, 5.41) is 3.42. The van der Waals surface area contributed by atoms with E-state index in [0.29, 0.717) is 17.5 Å². The SMILES string of the molecule is c1ccc(-c2nc(-c3ccccc3)nc(-c3cc(-c4ccc5nc(-c6ccccc6)sc5c4)cc(-c4cccc5ccccc45)c3)n2)cc1. The van der Waals surface area contributed by atoms with Crippen molar-refractivity contribution in [1.29, 1.82) is 0 Å². The van der Waals surface area contributed by atoms with Crippen molar-refractivity contribution in [3.63, 3.8) is 0 Å². The van der Waals surface area contributed by atoms with Crippen molar-refractivity contribution in [1.82, 2.24) is 19.9 Å². The van der Waals surface area contributed by atoms with Crippen molar-refractivity contribution in [3.05, 3.63) is 170 Å². The fraction of sp³-hybridized carbons (Fsp3) is 0. The van der Waals surface area contributed by atoms with Gasteiger partial charge in [0.15, 0.2) is 17.5 Å². The molecule has 2 aromatic heterocycles. The van der Waals surface area contributed by atoms with Gasteiger partial charge in [-0.1, -0.05) is 140 Å². The van der Waals surface area contributed by atoms with Gasteiger partial charge >= 0.3 is 0 Å². The summed E-state index contributed by atoms with van der Waals surface area (Å²) in [5.74, 6) is 1.91. The largest absolute Gasteiger partial charge is 0.236 e. The number of nitrogens with zero attached hydrogens (tertiary/aromatic N) is 4. The molecule has 0 aliphatic carbocycles. The molecular formula is C44H28N4S. The quantitative estimate of drug-likeness (QED) is 0.181. The Morgan fingerprint density at radius 3 is 1.59 bits per heavy atom. The summed E-state index contributed by atoms with van der Waals surface area (Å²) < 4.78 is 1.14. The van der Waals surface area contributed by atoms with Gasteiger partial charge in [0.2, 0.25) is 0 Å². The topological polar surface area (TPSA) is 51.6 Å². The first-order chi connectivity index (χ1) is 24.2. The monoisotopic (exact) mass is 644 g/mol. The first-order valence-corrected chi connectivity index (χ1v) is 17.0. The molecule has 0 bridgehead atoms. The van der Waals surface area contributed by atoms with Crippen molar-refractivity contribution in [2.75, 3.05) is 0 Å². The Kier molecular flexibility index (Phi) is 7.30. The maximum Gasteiger partial charge on any atom is 0.164 e. The predicted molar refractivity (Wildman–Crippen MR) is 203 cm³/mol. The highest BCUT2D eigenvalue weighted by molar-refractivity contribution is 7.21. The standard InChI is InChI=1S/C44H28N4S/c1-4-14-30(15-5-1)41-46-42(31-16-6-2-7-17-31)48-43(47-41)36-26-34(25-35(27-36)38-22-12-20-29-13-10-11-21-37(29)38)33-23-24-39-40(28-33)49-44(45-39)32-18-8-3-9-19-32/h1-28H. The highest BCUT2D eigenvalue weighted by Crippen LogP contribution is 2.38. The third-order valence-corrected chi connectivity index (χ3v) is 9.80. The van der Waals surface area contributed by atoms with Crippen LogP contribution in [-0.2, 0) is 0 Å². The molecule has 0 amide bonds. The fourth-order valence-electron chi connectivity index (χ4n) is 6.30. The van der Waals surface area contributed by atoms with Crippen LogP contribution in [-0.4, -0.2) is 19.9 Å². The zero-order valence-corrected chi connectivity index (χ0v) is 27.2. The number of thiazole rings is 1. The molecule has 49 heavy (non-hydrogen) atoms. The first kappa shape index (κ1) is 28.9. The smallest absolute Gasteiger partial charge is 0.164 e. The molecule has 0 atom stereocenters. The van der Waals surface area contributed by atoms with E-state index in [1.807, 2.05) is 66.7 Å². The van der Waals surface area contributed by atoms with Gasteiger partial charge in [0.25, 0.3) is 0 Å². The maximum absolute atomic E-state index is 5.09. The Labute approximate surface area is 288 Å². The molecular weight excluding hydrogens is 617 g/mol. The summed E-state index contributed by atoms with van der Waals surface area (Å²) >= 11 is 1.72. The summed E-state index contributed by atoms with van der Waals surface area (Å²) in [6.07, 6.45) is 0. The summed E-state index contributed by atoms with van der Waals surface area (Å²) in [4.78, 5) is 20.1. The minimum absolute atomic E-state index is 0.626. The van der Waals surface area contributed by atoms with E-state index in [9.17, 15) is 0 Å². The second kappa shape index (κ2) is 12.4. The van der Waals surface area contributed by atoms with Crippen molar-refractivity contribution in [2.24, 2.45) is 0 Å². The average molecular weight is 645 g/mol. The van der Waals surface area contributed by atoms with Crippen molar-refractivity contribution >= 4 is 32.3 Å². The first-order valence-electron chi connectivity index (χ1n) is 16.2. The van der Waals surface area contributed by atoms with Crippen LogP contribution in [0.5, 0.6) is 0 Å². The van der Waals surface area contributed by atoms with Crippen LogP contribution < -0.4 is 0 Å². The van der Waals surface area contributed by atoms with Gasteiger partial charge in [0.1, 0.15) is 5.01 Å². The van der Waals surface area contributed by atoms with E-state index in [0.717, 1.165) is 59.7 Å². The van der Waals surface area contributed by atoms with Crippen LogP contribution in [0.3, 0.4) is 0 Å². The zero-order valence-electron chi connectivity index (χ0n) is 26.4. The Morgan fingerprint density at radius 1 is 0.347 bits per heavy atom. The molecule has 0 spiro atoms. The number of fused-ring (bicyclic) bond motifs is 2. The van der Waals surface area contributed by atoms with Gasteiger partial charge in [-0.2, -0.15) is 0 Å². The van der Waals surface area contributed by atoms with Gasteiger partial charge in [-0.25, -0.2) is 19.9 Å². The maximum atomic E-state index is 5.09. The molecule has 230 valence electrons. The van der Waals surface area contributed by atoms with Crippen LogP contribution >= 0.6 is 11.3 Å². The van der Waals surface area contributed by atoms with Gasteiger partial charge < -0.3 is 0 Å². The molecule has 2 heterocycles. The molecule has 0 aliphatic heterocycles. The molecule has 0 saturated heterocycles. The summed E-state index contributed by atoms with van der Waals surface area (Å²) in [6.45, 7) is 0. The van der Waals surface area contributed by atoms with Crippen LogP contribution in [0, 0.1) is 0 Å². The average Bonchev–Trinajstić information content (AvgIpc) is 3.62. The number of hydrogen-bond donors (Lipinski definition) is 0. The van der Waals surface area contributed by atoms with E-state index >= 15 is 0 Å². The molecule has 4 nitrogen and oxygen atoms in total. The molecule has 0 aliphatic rings. The highest BCUT2D eigenvalue weighted by atomic mass is 32.1. The van der Waals surface area contributed by atoms with Crippen molar-refractivity contribution in [3.8, 4) is 67.0 Å². The Bertz CT molecular complexity index is 2530. The van der Waals surface area contributed by atoms with Crippen LogP contribution in [0.4, 0.5) is 0 Å². The third-order valence-electron chi connectivity index (χ3n) is 8.73. The Morgan fingerprint density at radius 2 is 0.898 bits per heavy atom. The van der Waals surface area contributed by atoms with Crippen LogP contribution in [0.25, 0.3) is 88.0 Å². The van der Waals surface area contributed by atoms with E-state index in [-0.39, 0.29) is 0 Å². The molecule has 9 aromatic rings. The van der Waals surface area contributed by atoms with Crippen molar-refractivity contribution < 1.29 is 0 Å². The van der Waals surface area contributed by atoms with E-state index in [2.05, 4.69) is 103 Å².